The fraction of sp³-hybridized carbons (Fsp3) is 0.208. The zero-order valence-corrected chi connectivity index (χ0v) is 20.7. The van der Waals surface area contributed by atoms with Crippen LogP contribution in [0, 0.1) is 0 Å². The number of hydrogen-bond acceptors (Lipinski definition) is 2. The molecule has 5 heteroatoms. The normalized spacial score (nSPS) is 12.2. The van der Waals surface area contributed by atoms with Gasteiger partial charge in [0, 0.05) is 11.8 Å². The molecule has 4 rings (SSSR count). The van der Waals surface area contributed by atoms with E-state index in [-0.39, 0.29) is 5.41 Å². The van der Waals surface area contributed by atoms with Crippen LogP contribution in [0.1, 0.15) is 43.0 Å². The topological polar surface area (TPSA) is 32.6 Å². The Hall–Kier alpha value is -1.41. The summed E-state index contributed by atoms with van der Waals surface area (Å²) >= 11 is -0.826. The summed E-state index contributed by atoms with van der Waals surface area (Å²) in [6, 6.07) is 20.7. The number of nitrogens with zero attached hydrogens (tertiary/aromatic N) is 1. The van der Waals surface area contributed by atoms with Gasteiger partial charge in [-0.15, -0.1) is 0 Å². The van der Waals surface area contributed by atoms with E-state index in [2.05, 4.69) is 62.2 Å². The number of aliphatic imine (C=N–C) groups is 1. The Balaban J connectivity index is 0.000000755. The van der Waals surface area contributed by atoms with Gasteiger partial charge < -0.3 is 5.11 Å². The van der Waals surface area contributed by atoms with E-state index in [1.54, 1.807) is 6.21 Å². The fourth-order valence-corrected chi connectivity index (χ4v) is 3.63. The van der Waals surface area contributed by atoms with Crippen molar-refractivity contribution in [3.05, 3.63) is 82.9 Å². The summed E-state index contributed by atoms with van der Waals surface area (Å²) < 4.78 is 0. The zero-order chi connectivity index (χ0) is 21.0. The van der Waals surface area contributed by atoms with Crippen LogP contribution >= 0.6 is 17.0 Å². The van der Waals surface area contributed by atoms with Crippen molar-refractivity contribution in [2.45, 2.75) is 32.6 Å². The first kappa shape index (κ1) is 22.3. The number of benzene rings is 3. The molecule has 2 nitrogen and oxygen atoms in total. The first-order chi connectivity index (χ1) is 13.8. The molecular weight excluding hydrogens is 480 g/mol. The SMILES string of the molecule is CC(C)(C)c1cccc(C=Nc2ccc3c(c2)Cc2ccccc2-3)c1O.[Cl][Zr][Cl]. The van der Waals surface area contributed by atoms with Crippen molar-refractivity contribution in [1.82, 2.24) is 0 Å². The van der Waals surface area contributed by atoms with Gasteiger partial charge in [0.2, 0.25) is 0 Å². The van der Waals surface area contributed by atoms with Crippen LogP contribution in [0.4, 0.5) is 5.69 Å². The zero-order valence-electron chi connectivity index (χ0n) is 16.7. The maximum absolute atomic E-state index is 10.6. The van der Waals surface area contributed by atoms with Crippen molar-refractivity contribution in [3.63, 3.8) is 0 Å². The van der Waals surface area contributed by atoms with Crippen molar-refractivity contribution < 1.29 is 26.0 Å². The van der Waals surface area contributed by atoms with E-state index >= 15 is 0 Å². The molecule has 0 aliphatic heterocycles. The molecule has 3 aromatic rings. The van der Waals surface area contributed by atoms with Crippen LogP contribution in [0.15, 0.2) is 65.7 Å². The van der Waals surface area contributed by atoms with Gasteiger partial charge in [-0.3, -0.25) is 4.99 Å². The first-order valence-corrected chi connectivity index (χ1v) is 15.7. The van der Waals surface area contributed by atoms with Crippen LogP contribution in [0.3, 0.4) is 0 Å². The molecular formula is C24H23Cl2NOZr. The third kappa shape index (κ3) is 5.20. The molecule has 1 aliphatic rings. The molecule has 0 amide bonds. The standard InChI is InChI=1S/C24H23NO.2ClH.Zr/c1-24(2,3)22-10-6-8-17(23(22)26)15-25-19-11-12-21-18(14-19)13-16-7-4-5-9-20(16)21;;;/h4-12,14-15,26H,13H2,1-3H3;2*1H;/q;;;+2/p-2. The molecule has 0 saturated heterocycles. The number of rotatable bonds is 2. The second kappa shape index (κ2) is 9.60. The number of phenolic OH excluding ortho intramolecular Hbond substituents is 1. The van der Waals surface area contributed by atoms with Crippen LogP contribution in [0.5, 0.6) is 5.75 Å². The van der Waals surface area contributed by atoms with Gasteiger partial charge in [0.05, 0.1) is 5.69 Å². The van der Waals surface area contributed by atoms with Crippen LogP contribution < -0.4 is 0 Å². The monoisotopic (exact) mass is 501 g/mol. The molecule has 0 saturated carbocycles. The Morgan fingerprint density at radius 3 is 2.34 bits per heavy atom. The number of hydrogen-bond donors (Lipinski definition) is 1. The van der Waals surface area contributed by atoms with Gasteiger partial charge >= 0.3 is 37.9 Å². The molecule has 148 valence electrons. The molecule has 0 unspecified atom stereocenters. The first-order valence-electron chi connectivity index (χ1n) is 9.39. The van der Waals surface area contributed by atoms with E-state index in [0.29, 0.717) is 5.75 Å². The maximum atomic E-state index is 10.6. The summed E-state index contributed by atoms with van der Waals surface area (Å²) in [4.78, 5) is 4.62. The van der Waals surface area contributed by atoms with Crippen LogP contribution in [0.25, 0.3) is 11.1 Å². The predicted molar refractivity (Wildman–Crippen MR) is 120 cm³/mol. The van der Waals surface area contributed by atoms with Gasteiger partial charge in [0.25, 0.3) is 0 Å². The van der Waals surface area contributed by atoms with Crippen molar-refractivity contribution in [1.29, 1.82) is 0 Å². The van der Waals surface area contributed by atoms with E-state index < -0.39 is 20.8 Å². The minimum absolute atomic E-state index is 0.104. The van der Waals surface area contributed by atoms with Crippen molar-refractivity contribution in [2.24, 2.45) is 4.99 Å². The third-order valence-electron chi connectivity index (χ3n) is 5.01. The third-order valence-corrected chi connectivity index (χ3v) is 5.01. The molecule has 3 aromatic carbocycles. The molecule has 0 heterocycles. The minimum atomic E-state index is -0.826. The number of phenols is 1. The second-order valence-electron chi connectivity index (χ2n) is 8.00. The van der Waals surface area contributed by atoms with E-state index in [1.807, 2.05) is 24.3 Å². The molecule has 0 aromatic heterocycles. The summed E-state index contributed by atoms with van der Waals surface area (Å²) in [6.45, 7) is 6.30. The summed E-state index contributed by atoms with van der Waals surface area (Å²) in [5.41, 5.74) is 7.82. The van der Waals surface area contributed by atoms with Gasteiger partial charge in [-0.2, -0.15) is 0 Å². The van der Waals surface area contributed by atoms with Crippen molar-refractivity contribution in [3.8, 4) is 16.9 Å². The summed E-state index contributed by atoms with van der Waals surface area (Å²) in [5.74, 6) is 0.317. The Labute approximate surface area is 191 Å². The van der Waals surface area contributed by atoms with E-state index in [1.165, 1.54) is 22.3 Å². The number of aromatic hydroxyl groups is 1. The molecule has 1 N–H and O–H groups in total. The Kier molecular flexibility index (Phi) is 7.38. The Morgan fingerprint density at radius 1 is 0.931 bits per heavy atom. The number of para-hydroxylation sites is 1. The molecule has 0 atom stereocenters. The predicted octanol–water partition coefficient (Wildman–Crippen LogP) is 7.39. The molecule has 0 bridgehead atoms. The summed E-state index contributed by atoms with van der Waals surface area (Å²) in [5, 5.41) is 10.6. The van der Waals surface area contributed by atoms with Crippen molar-refractivity contribution in [2.75, 3.05) is 0 Å². The van der Waals surface area contributed by atoms with E-state index in [0.717, 1.165) is 23.2 Å². The average Bonchev–Trinajstić information content (AvgIpc) is 3.04. The number of fused-ring (bicyclic) bond motifs is 3. The van der Waals surface area contributed by atoms with Crippen LogP contribution in [0.2, 0.25) is 0 Å². The Morgan fingerprint density at radius 2 is 1.62 bits per heavy atom. The quantitative estimate of drug-likeness (QED) is 0.284. The summed E-state index contributed by atoms with van der Waals surface area (Å²) in [6.07, 6.45) is 2.72. The van der Waals surface area contributed by atoms with Gasteiger partial charge in [-0.05, 0) is 57.9 Å². The second-order valence-corrected chi connectivity index (χ2v) is 11.7. The van der Waals surface area contributed by atoms with Crippen LogP contribution in [-0.2, 0) is 32.7 Å². The number of halogens is 2. The average molecular weight is 504 g/mol. The van der Waals surface area contributed by atoms with Crippen LogP contribution in [-0.4, -0.2) is 11.3 Å². The Bertz CT molecular complexity index is 1040. The molecule has 1 aliphatic carbocycles. The van der Waals surface area contributed by atoms with Gasteiger partial charge in [0.1, 0.15) is 5.75 Å². The molecule has 0 spiro atoms. The fourth-order valence-electron chi connectivity index (χ4n) is 3.63. The van der Waals surface area contributed by atoms with E-state index in [9.17, 15) is 5.11 Å². The summed E-state index contributed by atoms with van der Waals surface area (Å²) in [7, 11) is 9.87. The molecule has 0 radical (unpaired) electrons. The van der Waals surface area contributed by atoms with Gasteiger partial charge in [0.15, 0.2) is 0 Å². The van der Waals surface area contributed by atoms with Gasteiger partial charge in [-0.25, -0.2) is 0 Å². The van der Waals surface area contributed by atoms with E-state index in [4.69, 9.17) is 17.0 Å². The van der Waals surface area contributed by atoms with Gasteiger partial charge in [-0.1, -0.05) is 63.2 Å². The molecule has 29 heavy (non-hydrogen) atoms. The van der Waals surface area contributed by atoms with Crippen molar-refractivity contribution >= 4 is 28.9 Å². The molecule has 0 fully saturated rings.